The second kappa shape index (κ2) is 10.6. The number of carbonyl (C=O) groups is 2. The Hall–Kier alpha value is -3.58. The standard InChI is InChI=1S/C29H29BrN2O4/c1-5-31(6-2)21-10-12-22(13-11-21)32-26(19-7-14-23(36-4)15-8-19)25(28(34)29(32)35)27(33)20-9-16-24(30)18(3)17-20/h7-17,26,33H,5-6H2,1-4H3/b27-25-. The van der Waals surface area contributed by atoms with Crippen LogP contribution in [-0.4, -0.2) is 37.0 Å². The molecule has 1 aliphatic heterocycles. The predicted molar refractivity (Wildman–Crippen MR) is 147 cm³/mol. The van der Waals surface area contributed by atoms with E-state index >= 15 is 0 Å². The number of carbonyl (C=O) groups excluding carboxylic acids is 2. The monoisotopic (exact) mass is 548 g/mol. The first-order valence-electron chi connectivity index (χ1n) is 11.9. The highest BCUT2D eigenvalue weighted by molar-refractivity contribution is 9.10. The molecule has 0 aromatic heterocycles. The van der Waals surface area contributed by atoms with Crippen molar-refractivity contribution in [1.29, 1.82) is 0 Å². The van der Waals surface area contributed by atoms with Crippen molar-refractivity contribution < 1.29 is 19.4 Å². The van der Waals surface area contributed by atoms with Crippen molar-refractivity contribution in [2.75, 3.05) is 30.0 Å². The normalized spacial score (nSPS) is 16.9. The third kappa shape index (κ3) is 4.63. The maximum atomic E-state index is 13.4. The first-order valence-corrected chi connectivity index (χ1v) is 12.7. The minimum absolute atomic E-state index is 0.0553. The fraction of sp³-hybridized carbons (Fsp3) is 0.241. The number of Topliss-reactive ketones (excluding diaryl/α,β-unsaturated/α-hetero) is 1. The molecular formula is C29H29BrN2O4. The number of hydrogen-bond donors (Lipinski definition) is 1. The summed E-state index contributed by atoms with van der Waals surface area (Å²) in [4.78, 5) is 30.4. The van der Waals surface area contributed by atoms with Crippen molar-refractivity contribution in [2.24, 2.45) is 0 Å². The number of aliphatic hydroxyl groups is 1. The van der Waals surface area contributed by atoms with Crippen molar-refractivity contribution >= 4 is 44.8 Å². The predicted octanol–water partition coefficient (Wildman–Crippen LogP) is 6.24. The van der Waals surface area contributed by atoms with Crippen LogP contribution in [0.25, 0.3) is 5.76 Å². The van der Waals surface area contributed by atoms with Crippen LogP contribution in [0.15, 0.2) is 76.8 Å². The number of hydrogen-bond acceptors (Lipinski definition) is 5. The molecule has 1 atom stereocenters. The summed E-state index contributed by atoms with van der Waals surface area (Å²) in [7, 11) is 1.58. The van der Waals surface area contributed by atoms with Crippen molar-refractivity contribution in [2.45, 2.75) is 26.8 Å². The van der Waals surface area contributed by atoms with Crippen LogP contribution in [-0.2, 0) is 9.59 Å². The molecule has 0 aliphatic carbocycles. The van der Waals surface area contributed by atoms with Crippen LogP contribution >= 0.6 is 15.9 Å². The second-order valence-corrected chi connectivity index (χ2v) is 9.45. The van der Waals surface area contributed by atoms with Gasteiger partial charge in [-0.25, -0.2) is 0 Å². The molecule has 1 heterocycles. The summed E-state index contributed by atoms with van der Waals surface area (Å²) in [6.07, 6.45) is 0. The van der Waals surface area contributed by atoms with Crippen LogP contribution in [0.4, 0.5) is 11.4 Å². The highest BCUT2D eigenvalue weighted by Crippen LogP contribution is 2.43. The van der Waals surface area contributed by atoms with Crippen LogP contribution in [0, 0.1) is 6.92 Å². The smallest absolute Gasteiger partial charge is 0.300 e. The number of ether oxygens (including phenoxy) is 1. The van der Waals surface area contributed by atoms with E-state index < -0.39 is 17.7 Å². The molecule has 186 valence electrons. The Kier molecular flexibility index (Phi) is 7.50. The maximum absolute atomic E-state index is 13.4. The van der Waals surface area contributed by atoms with E-state index in [4.69, 9.17) is 4.74 Å². The van der Waals surface area contributed by atoms with Gasteiger partial charge in [0.15, 0.2) is 0 Å². The van der Waals surface area contributed by atoms with Crippen LogP contribution in [0.3, 0.4) is 0 Å². The van der Waals surface area contributed by atoms with Gasteiger partial charge in [0.05, 0.1) is 18.7 Å². The number of anilines is 2. The SMILES string of the molecule is CCN(CC)c1ccc(N2C(=O)C(=O)/C(=C(\O)c3ccc(Br)c(C)c3)C2c2ccc(OC)cc2)cc1. The van der Waals surface area contributed by atoms with Crippen molar-refractivity contribution in [1.82, 2.24) is 0 Å². The number of methoxy groups -OCH3 is 1. The Balaban J connectivity index is 1.88. The molecule has 36 heavy (non-hydrogen) atoms. The lowest BCUT2D eigenvalue weighted by Gasteiger charge is -2.27. The van der Waals surface area contributed by atoms with Gasteiger partial charge in [0.2, 0.25) is 0 Å². The van der Waals surface area contributed by atoms with Gasteiger partial charge in [0, 0.05) is 34.5 Å². The molecule has 0 bridgehead atoms. The zero-order valence-corrected chi connectivity index (χ0v) is 22.4. The van der Waals surface area contributed by atoms with Crippen molar-refractivity contribution in [3.63, 3.8) is 0 Å². The van der Waals surface area contributed by atoms with Crippen molar-refractivity contribution in [3.05, 3.63) is 93.5 Å². The Morgan fingerprint density at radius 2 is 1.64 bits per heavy atom. The fourth-order valence-corrected chi connectivity index (χ4v) is 4.81. The molecule has 1 saturated heterocycles. The van der Waals surface area contributed by atoms with Crippen molar-refractivity contribution in [3.8, 4) is 5.75 Å². The van der Waals surface area contributed by atoms with Crippen LogP contribution in [0.2, 0.25) is 0 Å². The van der Waals surface area contributed by atoms with E-state index in [2.05, 4.69) is 34.7 Å². The van der Waals surface area contributed by atoms with Gasteiger partial charge in [-0.3, -0.25) is 14.5 Å². The zero-order valence-electron chi connectivity index (χ0n) is 20.8. The molecule has 3 aromatic carbocycles. The number of rotatable bonds is 7. The Morgan fingerprint density at radius 1 is 1.00 bits per heavy atom. The Labute approximate surface area is 219 Å². The lowest BCUT2D eigenvalue weighted by atomic mass is 9.94. The molecule has 0 spiro atoms. The number of nitrogens with zero attached hydrogens (tertiary/aromatic N) is 2. The summed E-state index contributed by atoms with van der Waals surface area (Å²) < 4.78 is 6.18. The molecule has 1 N–H and O–H groups in total. The molecule has 0 radical (unpaired) electrons. The lowest BCUT2D eigenvalue weighted by molar-refractivity contribution is -0.132. The maximum Gasteiger partial charge on any atom is 0.300 e. The third-order valence-corrected chi connectivity index (χ3v) is 7.45. The number of aryl methyl sites for hydroxylation is 1. The first-order chi connectivity index (χ1) is 17.3. The summed E-state index contributed by atoms with van der Waals surface area (Å²) in [5.74, 6) is -0.946. The summed E-state index contributed by atoms with van der Waals surface area (Å²) in [5.41, 5.74) is 3.75. The van der Waals surface area contributed by atoms with E-state index in [9.17, 15) is 14.7 Å². The molecule has 1 aliphatic rings. The highest BCUT2D eigenvalue weighted by atomic mass is 79.9. The third-order valence-electron chi connectivity index (χ3n) is 6.56. The highest BCUT2D eigenvalue weighted by Gasteiger charge is 2.47. The minimum atomic E-state index is -0.792. The van der Waals surface area contributed by atoms with E-state index in [0.29, 0.717) is 22.6 Å². The van der Waals surface area contributed by atoms with Gasteiger partial charge in [-0.05, 0) is 80.4 Å². The van der Waals surface area contributed by atoms with Gasteiger partial charge in [-0.15, -0.1) is 0 Å². The molecule has 1 fully saturated rings. The molecule has 7 heteroatoms. The Bertz CT molecular complexity index is 1310. The van der Waals surface area contributed by atoms with Gasteiger partial charge < -0.3 is 14.7 Å². The number of ketones is 1. The van der Waals surface area contributed by atoms with Crippen LogP contribution in [0.5, 0.6) is 5.75 Å². The average Bonchev–Trinajstić information content (AvgIpc) is 3.16. The molecule has 1 amide bonds. The van der Waals surface area contributed by atoms with Crippen LogP contribution in [0.1, 0.15) is 36.6 Å². The number of halogens is 1. The molecule has 6 nitrogen and oxygen atoms in total. The van der Waals surface area contributed by atoms with Gasteiger partial charge in [-0.1, -0.05) is 34.1 Å². The fourth-order valence-electron chi connectivity index (χ4n) is 4.56. The Morgan fingerprint density at radius 3 is 2.19 bits per heavy atom. The first kappa shape index (κ1) is 25.5. The molecule has 3 aromatic rings. The molecule has 4 rings (SSSR count). The molecule has 1 unspecified atom stereocenters. The van der Waals surface area contributed by atoms with Gasteiger partial charge in [0.1, 0.15) is 11.5 Å². The quantitative estimate of drug-likeness (QED) is 0.215. The van der Waals surface area contributed by atoms with E-state index in [1.165, 1.54) is 4.90 Å². The van der Waals surface area contributed by atoms with Gasteiger partial charge in [-0.2, -0.15) is 0 Å². The van der Waals surface area contributed by atoms with E-state index in [1.54, 1.807) is 31.4 Å². The van der Waals surface area contributed by atoms with E-state index in [-0.39, 0.29) is 11.3 Å². The molecular weight excluding hydrogens is 520 g/mol. The number of benzene rings is 3. The second-order valence-electron chi connectivity index (χ2n) is 8.59. The summed E-state index contributed by atoms with van der Waals surface area (Å²) in [5, 5.41) is 11.3. The molecule has 0 saturated carbocycles. The average molecular weight is 549 g/mol. The zero-order chi connectivity index (χ0) is 26.0. The van der Waals surface area contributed by atoms with Gasteiger partial charge >= 0.3 is 0 Å². The number of amides is 1. The van der Waals surface area contributed by atoms with Gasteiger partial charge in [0.25, 0.3) is 11.7 Å². The lowest BCUT2D eigenvalue weighted by Crippen LogP contribution is -2.29. The summed E-state index contributed by atoms with van der Waals surface area (Å²) in [6.45, 7) is 7.79. The summed E-state index contributed by atoms with van der Waals surface area (Å²) in [6, 6.07) is 19.3. The van der Waals surface area contributed by atoms with E-state index in [0.717, 1.165) is 28.8 Å². The van der Waals surface area contributed by atoms with E-state index in [1.807, 2.05) is 49.4 Å². The van der Waals surface area contributed by atoms with Crippen LogP contribution < -0.4 is 14.5 Å². The number of aliphatic hydroxyl groups excluding tert-OH is 1. The largest absolute Gasteiger partial charge is 0.507 e. The summed E-state index contributed by atoms with van der Waals surface area (Å²) >= 11 is 3.47. The minimum Gasteiger partial charge on any atom is -0.507 e. The topological polar surface area (TPSA) is 70.1 Å².